The molecule has 164 valence electrons. The van der Waals surface area contributed by atoms with Crippen LogP contribution in [0.2, 0.25) is 10.0 Å². The van der Waals surface area contributed by atoms with Crippen molar-refractivity contribution in [2.45, 2.75) is 31.4 Å². The Hall–Kier alpha value is -2.95. The van der Waals surface area contributed by atoms with Gasteiger partial charge in [-0.1, -0.05) is 35.3 Å². The summed E-state index contributed by atoms with van der Waals surface area (Å²) in [6.45, 7) is 0. The van der Waals surface area contributed by atoms with Crippen LogP contribution in [-0.4, -0.2) is 5.78 Å². The predicted octanol–water partition coefficient (Wildman–Crippen LogP) is 6.32. The molecule has 1 aliphatic heterocycles. The van der Waals surface area contributed by atoms with Crippen molar-refractivity contribution in [3.05, 3.63) is 86.3 Å². The summed E-state index contributed by atoms with van der Waals surface area (Å²) in [5.41, 5.74) is 6.95. The highest BCUT2D eigenvalue weighted by Crippen LogP contribution is 2.48. The summed E-state index contributed by atoms with van der Waals surface area (Å²) >= 11 is 12.3. The number of nitrogens with zero attached hydrogens (tertiary/aromatic N) is 2. The highest BCUT2D eigenvalue weighted by molar-refractivity contribution is 6.33. The Balaban J connectivity index is 1.98. The quantitative estimate of drug-likeness (QED) is 0.549. The van der Waals surface area contributed by atoms with Gasteiger partial charge in [0.2, 0.25) is 0 Å². The van der Waals surface area contributed by atoms with Crippen molar-refractivity contribution in [1.82, 2.24) is 0 Å². The molecule has 0 spiro atoms. The number of hydrogen-bond acceptors (Lipinski definition) is 4. The van der Waals surface area contributed by atoms with E-state index in [1.54, 1.807) is 24.3 Å². The zero-order valence-electron chi connectivity index (χ0n) is 16.5. The number of carbonyl (C=O) groups is 1. The van der Waals surface area contributed by atoms with Crippen molar-refractivity contribution in [3.63, 3.8) is 0 Å². The number of nitrogens with two attached hydrogens (primary N) is 1. The molecule has 9 heteroatoms. The van der Waals surface area contributed by atoms with Crippen molar-refractivity contribution >= 4 is 34.7 Å². The minimum absolute atomic E-state index is 0.0213. The highest BCUT2D eigenvalue weighted by atomic mass is 35.5. The zero-order valence-corrected chi connectivity index (χ0v) is 18.0. The molecule has 1 aliphatic carbocycles. The third kappa shape index (κ3) is 3.74. The fraction of sp³-hybridized carbons (Fsp3) is 0.217. The van der Waals surface area contributed by atoms with Crippen LogP contribution in [0, 0.1) is 11.3 Å². The van der Waals surface area contributed by atoms with E-state index >= 15 is 0 Å². The van der Waals surface area contributed by atoms with E-state index in [-0.39, 0.29) is 34.3 Å². The second kappa shape index (κ2) is 8.19. The summed E-state index contributed by atoms with van der Waals surface area (Å²) in [6.07, 6.45) is -3.42. The van der Waals surface area contributed by atoms with Gasteiger partial charge in [-0.2, -0.15) is 18.4 Å². The molecule has 1 atom stereocenters. The number of benzene rings is 2. The number of rotatable bonds is 2. The molecule has 0 fully saturated rings. The number of allylic oxidation sites excluding steroid dienone is 3. The molecule has 0 bridgehead atoms. The maximum absolute atomic E-state index is 13.4. The first-order chi connectivity index (χ1) is 15.1. The van der Waals surface area contributed by atoms with E-state index in [1.807, 2.05) is 0 Å². The summed E-state index contributed by atoms with van der Waals surface area (Å²) < 4.78 is 40.2. The number of carbonyl (C=O) groups excluding carboxylic acids is 1. The summed E-state index contributed by atoms with van der Waals surface area (Å²) in [4.78, 5) is 14.4. The molecule has 2 aliphatic rings. The fourth-order valence-electron chi connectivity index (χ4n) is 4.21. The average Bonchev–Trinajstić information content (AvgIpc) is 2.74. The Kier molecular flexibility index (Phi) is 5.70. The largest absolute Gasteiger partial charge is 0.416 e. The molecule has 2 aromatic rings. The SMILES string of the molecule is N#CC1=C(N)N(c2cc(C(F)(F)F)ccc2Cl)C2=C(C(=O)CCC2)[C@H]1c1ccc(Cl)cc1. The third-order valence-electron chi connectivity index (χ3n) is 5.63. The van der Waals surface area contributed by atoms with Crippen LogP contribution in [-0.2, 0) is 11.0 Å². The lowest BCUT2D eigenvalue weighted by atomic mass is 9.75. The van der Waals surface area contributed by atoms with Crippen molar-refractivity contribution in [2.75, 3.05) is 4.90 Å². The minimum Gasteiger partial charge on any atom is -0.384 e. The smallest absolute Gasteiger partial charge is 0.384 e. The first-order valence-electron chi connectivity index (χ1n) is 9.71. The van der Waals surface area contributed by atoms with E-state index in [4.69, 9.17) is 28.9 Å². The zero-order chi connectivity index (χ0) is 23.2. The number of halogens is 5. The van der Waals surface area contributed by atoms with Crippen LogP contribution in [0.25, 0.3) is 0 Å². The lowest BCUT2D eigenvalue weighted by Crippen LogP contribution is -2.39. The molecule has 32 heavy (non-hydrogen) atoms. The number of hydrogen-bond donors (Lipinski definition) is 1. The predicted molar refractivity (Wildman–Crippen MR) is 116 cm³/mol. The van der Waals surface area contributed by atoms with E-state index in [9.17, 15) is 23.2 Å². The standard InChI is InChI=1S/C23H16Cl2F3N3O/c24-14-7-4-12(5-8-14)20-15(11-29)22(30)31(17-2-1-3-19(32)21(17)20)18-10-13(23(26,27)28)6-9-16(18)25/h4-10,20H,1-3,30H2/t20-/m0/s1. The molecule has 1 heterocycles. The maximum Gasteiger partial charge on any atom is 0.416 e. The molecular weight excluding hydrogens is 462 g/mol. The fourth-order valence-corrected chi connectivity index (χ4v) is 4.54. The lowest BCUT2D eigenvalue weighted by molar-refractivity contribution is -0.137. The van der Waals surface area contributed by atoms with E-state index in [1.165, 1.54) is 4.90 Å². The van der Waals surface area contributed by atoms with Gasteiger partial charge in [-0.3, -0.25) is 9.69 Å². The van der Waals surface area contributed by atoms with Crippen LogP contribution in [0.15, 0.2) is 65.1 Å². The molecule has 0 amide bonds. The number of Topliss-reactive ketones (excluding diaryl/α,β-unsaturated/α-hetero) is 1. The van der Waals surface area contributed by atoms with Gasteiger partial charge in [0.05, 0.1) is 33.8 Å². The molecule has 0 saturated heterocycles. The van der Waals surface area contributed by atoms with Gasteiger partial charge >= 0.3 is 6.18 Å². The maximum atomic E-state index is 13.4. The van der Waals surface area contributed by atoms with Gasteiger partial charge in [-0.25, -0.2) is 0 Å². The lowest BCUT2D eigenvalue weighted by Gasteiger charge is -2.40. The van der Waals surface area contributed by atoms with E-state index in [0.29, 0.717) is 34.7 Å². The molecule has 2 aromatic carbocycles. The molecule has 0 unspecified atom stereocenters. The minimum atomic E-state index is -4.60. The summed E-state index contributed by atoms with van der Waals surface area (Å²) in [5.74, 6) is -0.970. The van der Waals surface area contributed by atoms with Gasteiger partial charge in [0.25, 0.3) is 0 Å². The monoisotopic (exact) mass is 477 g/mol. The normalized spacial score (nSPS) is 19.2. The van der Waals surface area contributed by atoms with Crippen molar-refractivity contribution in [2.24, 2.45) is 5.73 Å². The molecule has 0 saturated carbocycles. The summed E-state index contributed by atoms with van der Waals surface area (Å²) in [7, 11) is 0. The molecule has 0 aromatic heterocycles. The van der Waals surface area contributed by atoms with Crippen LogP contribution in [0.4, 0.5) is 18.9 Å². The van der Waals surface area contributed by atoms with Crippen LogP contribution in [0.3, 0.4) is 0 Å². The molecule has 4 nitrogen and oxygen atoms in total. The summed E-state index contributed by atoms with van der Waals surface area (Å²) in [6, 6.07) is 11.7. The number of alkyl halides is 3. The Morgan fingerprint density at radius 3 is 2.41 bits per heavy atom. The number of anilines is 1. The van der Waals surface area contributed by atoms with Crippen LogP contribution in [0.5, 0.6) is 0 Å². The van der Waals surface area contributed by atoms with E-state index in [0.717, 1.165) is 18.2 Å². The second-order valence-electron chi connectivity index (χ2n) is 7.53. The van der Waals surface area contributed by atoms with Gasteiger partial charge in [0, 0.05) is 22.7 Å². The van der Waals surface area contributed by atoms with Crippen molar-refractivity contribution in [1.29, 1.82) is 5.26 Å². The average molecular weight is 478 g/mol. The van der Waals surface area contributed by atoms with Crippen LogP contribution in [0.1, 0.15) is 36.3 Å². The molecule has 4 rings (SSSR count). The Morgan fingerprint density at radius 2 is 1.78 bits per heavy atom. The van der Waals surface area contributed by atoms with Gasteiger partial charge in [0.15, 0.2) is 5.78 Å². The Labute approximate surface area is 192 Å². The van der Waals surface area contributed by atoms with E-state index in [2.05, 4.69) is 6.07 Å². The first-order valence-corrected chi connectivity index (χ1v) is 10.5. The van der Waals surface area contributed by atoms with Crippen LogP contribution >= 0.6 is 23.2 Å². The highest BCUT2D eigenvalue weighted by Gasteiger charge is 2.41. The van der Waals surface area contributed by atoms with Gasteiger partial charge in [-0.15, -0.1) is 0 Å². The number of nitriles is 1. The molecule has 2 N–H and O–H groups in total. The Bertz CT molecular complexity index is 1210. The van der Waals surface area contributed by atoms with Crippen LogP contribution < -0.4 is 10.6 Å². The van der Waals surface area contributed by atoms with Gasteiger partial charge in [0.1, 0.15) is 5.82 Å². The molecule has 0 radical (unpaired) electrons. The first kappa shape index (κ1) is 22.3. The van der Waals surface area contributed by atoms with Gasteiger partial charge < -0.3 is 5.73 Å². The van der Waals surface area contributed by atoms with E-state index < -0.39 is 17.7 Å². The third-order valence-corrected chi connectivity index (χ3v) is 6.20. The Morgan fingerprint density at radius 1 is 1.09 bits per heavy atom. The topological polar surface area (TPSA) is 70.1 Å². The van der Waals surface area contributed by atoms with Gasteiger partial charge in [-0.05, 0) is 48.7 Å². The van der Waals surface area contributed by atoms with Crippen molar-refractivity contribution < 1.29 is 18.0 Å². The molecular formula is C23H16Cl2F3N3O. The summed E-state index contributed by atoms with van der Waals surface area (Å²) in [5, 5.41) is 10.5. The number of ketones is 1. The second-order valence-corrected chi connectivity index (χ2v) is 8.38. The van der Waals surface area contributed by atoms with Crippen molar-refractivity contribution in [3.8, 4) is 6.07 Å².